The first-order valence-corrected chi connectivity index (χ1v) is 9.59. The number of likely N-dealkylation sites (N-methyl/N-ethyl adjacent to an activating group) is 1. The number of rotatable bonds is 5. The van der Waals surface area contributed by atoms with Crippen LogP contribution in [-0.4, -0.2) is 67.8 Å². The average molecular weight is 307 g/mol. The molecule has 2 unspecified atom stereocenters. The van der Waals surface area contributed by atoms with Gasteiger partial charge in [0.1, 0.15) is 0 Å². The molecule has 0 amide bonds. The Bertz CT molecular complexity index is 380. The molecule has 0 spiro atoms. The summed E-state index contributed by atoms with van der Waals surface area (Å²) in [7, 11) is 0.329. The van der Waals surface area contributed by atoms with Gasteiger partial charge in [-0.1, -0.05) is 6.42 Å². The van der Waals surface area contributed by atoms with E-state index in [0.717, 1.165) is 43.7 Å². The van der Waals surface area contributed by atoms with E-state index in [-0.39, 0.29) is 12.1 Å². The number of hydrogen-bond acceptors (Lipinski definition) is 4. The quantitative estimate of drug-likeness (QED) is 0.814. The maximum Gasteiger partial charge on any atom is 0.282 e. The molecule has 2 fully saturated rings. The van der Waals surface area contributed by atoms with Crippen LogP contribution in [0.3, 0.4) is 0 Å². The zero-order valence-corrected chi connectivity index (χ0v) is 13.5. The predicted molar refractivity (Wildman–Crippen MR) is 80.7 cm³/mol. The van der Waals surface area contributed by atoms with Crippen LogP contribution in [0.1, 0.15) is 25.7 Å². The van der Waals surface area contributed by atoms with Crippen LogP contribution in [-0.2, 0) is 10.2 Å². The van der Waals surface area contributed by atoms with Crippen molar-refractivity contribution in [1.29, 1.82) is 0 Å². The van der Waals surface area contributed by atoms with Gasteiger partial charge in [-0.25, -0.2) is 0 Å². The van der Waals surface area contributed by atoms with E-state index in [4.69, 9.17) is 0 Å². The maximum absolute atomic E-state index is 12.8. The lowest BCUT2D eigenvalue weighted by atomic mass is 10.1. The summed E-state index contributed by atoms with van der Waals surface area (Å²) in [6.07, 6.45) is 4.05. The van der Waals surface area contributed by atoms with Crippen LogP contribution in [0.15, 0.2) is 0 Å². The van der Waals surface area contributed by atoms with Gasteiger partial charge in [-0.15, -0.1) is 0 Å². The van der Waals surface area contributed by atoms with E-state index in [9.17, 15) is 8.42 Å². The second kappa shape index (κ2) is 6.76. The van der Waals surface area contributed by atoms with E-state index >= 15 is 0 Å². The van der Waals surface area contributed by atoms with Gasteiger partial charge in [0.05, 0.1) is 0 Å². The third-order valence-corrected chi connectivity index (χ3v) is 7.34. The molecular formula is C12H25N3O2S2. The van der Waals surface area contributed by atoms with Crippen LogP contribution >= 0.6 is 11.8 Å². The number of nitrogens with zero attached hydrogens (tertiary/aromatic N) is 2. The van der Waals surface area contributed by atoms with E-state index in [1.807, 2.05) is 18.8 Å². The van der Waals surface area contributed by atoms with Gasteiger partial charge < -0.3 is 5.32 Å². The number of thioether (sulfide) groups is 1. The van der Waals surface area contributed by atoms with Crippen molar-refractivity contribution in [1.82, 2.24) is 13.9 Å². The summed E-state index contributed by atoms with van der Waals surface area (Å²) >= 11 is 1.85. The first-order valence-electron chi connectivity index (χ1n) is 7.04. The van der Waals surface area contributed by atoms with Crippen LogP contribution in [0, 0.1) is 0 Å². The molecule has 2 aliphatic heterocycles. The predicted octanol–water partition coefficient (Wildman–Crippen LogP) is 0.742. The SMILES string of the molecule is CNCC1CCCCN1S(=O)(=O)N(C)C1CCSC1. The summed E-state index contributed by atoms with van der Waals surface area (Å²) in [6, 6.07) is 0.285. The summed E-state index contributed by atoms with van der Waals surface area (Å²) in [5.74, 6) is 2.00. The number of piperidine rings is 1. The molecule has 0 aromatic heterocycles. The topological polar surface area (TPSA) is 52.7 Å². The molecule has 7 heteroatoms. The van der Waals surface area contributed by atoms with Crippen molar-refractivity contribution in [3.05, 3.63) is 0 Å². The zero-order chi connectivity index (χ0) is 13.9. The lowest BCUT2D eigenvalue weighted by molar-refractivity contribution is 0.226. The third-order valence-electron chi connectivity index (χ3n) is 4.09. The molecule has 0 aromatic rings. The highest BCUT2D eigenvalue weighted by molar-refractivity contribution is 7.99. The Morgan fingerprint density at radius 1 is 1.37 bits per heavy atom. The van der Waals surface area contributed by atoms with E-state index in [1.165, 1.54) is 0 Å². The molecule has 2 aliphatic rings. The van der Waals surface area contributed by atoms with Crippen molar-refractivity contribution in [2.75, 3.05) is 38.7 Å². The molecule has 112 valence electrons. The summed E-state index contributed by atoms with van der Waals surface area (Å²) in [5.41, 5.74) is 0. The summed E-state index contributed by atoms with van der Waals surface area (Å²) in [4.78, 5) is 0. The van der Waals surface area contributed by atoms with Crippen molar-refractivity contribution < 1.29 is 8.42 Å². The lowest BCUT2D eigenvalue weighted by Crippen LogP contribution is -2.54. The summed E-state index contributed by atoms with van der Waals surface area (Å²) in [6.45, 7) is 1.41. The molecule has 5 nitrogen and oxygen atoms in total. The lowest BCUT2D eigenvalue weighted by Gasteiger charge is -2.38. The molecule has 19 heavy (non-hydrogen) atoms. The molecular weight excluding hydrogens is 282 g/mol. The van der Waals surface area contributed by atoms with Crippen molar-refractivity contribution in [2.24, 2.45) is 0 Å². The molecule has 0 aliphatic carbocycles. The van der Waals surface area contributed by atoms with E-state index in [0.29, 0.717) is 6.54 Å². The summed E-state index contributed by atoms with van der Waals surface area (Å²) < 4.78 is 28.9. The van der Waals surface area contributed by atoms with Crippen LogP contribution in [0.25, 0.3) is 0 Å². The normalized spacial score (nSPS) is 30.1. The van der Waals surface area contributed by atoms with Crippen LogP contribution in [0.2, 0.25) is 0 Å². The first-order chi connectivity index (χ1) is 9.07. The van der Waals surface area contributed by atoms with Gasteiger partial charge in [-0.3, -0.25) is 0 Å². The van der Waals surface area contributed by atoms with Crippen molar-refractivity contribution >= 4 is 22.0 Å². The highest BCUT2D eigenvalue weighted by Crippen LogP contribution is 2.27. The highest BCUT2D eigenvalue weighted by atomic mass is 32.2. The first kappa shape index (κ1) is 15.6. The Morgan fingerprint density at radius 3 is 2.79 bits per heavy atom. The molecule has 2 saturated heterocycles. The third kappa shape index (κ3) is 3.44. The Hall–Kier alpha value is 0.180. The van der Waals surface area contributed by atoms with Gasteiger partial charge in [0.25, 0.3) is 10.2 Å². The van der Waals surface area contributed by atoms with Gasteiger partial charge in [0.2, 0.25) is 0 Å². The van der Waals surface area contributed by atoms with Crippen molar-refractivity contribution in [2.45, 2.75) is 37.8 Å². The van der Waals surface area contributed by atoms with Crippen LogP contribution in [0.4, 0.5) is 0 Å². The molecule has 0 radical (unpaired) electrons. The molecule has 1 N–H and O–H groups in total. The van der Waals surface area contributed by atoms with Crippen LogP contribution < -0.4 is 5.32 Å². The van der Waals surface area contributed by atoms with Gasteiger partial charge >= 0.3 is 0 Å². The van der Waals surface area contributed by atoms with Gasteiger partial charge in [-0.2, -0.15) is 28.8 Å². The smallest absolute Gasteiger partial charge is 0.282 e. The molecule has 0 aromatic carbocycles. The molecule has 0 bridgehead atoms. The van der Waals surface area contributed by atoms with E-state index < -0.39 is 10.2 Å². The fourth-order valence-corrected chi connectivity index (χ4v) is 6.05. The standard InChI is InChI=1S/C12H25N3O2S2/c1-13-9-11-5-3-4-7-15(11)19(16,17)14(2)12-6-8-18-10-12/h11-13H,3-10H2,1-2H3. The van der Waals surface area contributed by atoms with Crippen molar-refractivity contribution in [3.63, 3.8) is 0 Å². The maximum atomic E-state index is 12.8. The second-order valence-corrected chi connectivity index (χ2v) is 8.45. The zero-order valence-electron chi connectivity index (χ0n) is 11.8. The fourth-order valence-electron chi connectivity index (χ4n) is 2.88. The monoisotopic (exact) mass is 307 g/mol. The Balaban J connectivity index is 2.11. The molecule has 2 heterocycles. The minimum Gasteiger partial charge on any atom is -0.318 e. The van der Waals surface area contributed by atoms with E-state index in [1.54, 1.807) is 15.7 Å². The Morgan fingerprint density at radius 2 is 2.16 bits per heavy atom. The molecule has 0 saturated carbocycles. The highest BCUT2D eigenvalue weighted by Gasteiger charge is 2.38. The Kier molecular flexibility index (Phi) is 5.54. The van der Waals surface area contributed by atoms with Crippen molar-refractivity contribution in [3.8, 4) is 0 Å². The number of nitrogens with one attached hydrogen (secondary N) is 1. The van der Waals surface area contributed by atoms with Crippen LogP contribution in [0.5, 0.6) is 0 Å². The largest absolute Gasteiger partial charge is 0.318 e. The van der Waals surface area contributed by atoms with Gasteiger partial charge in [0.15, 0.2) is 0 Å². The molecule has 2 atom stereocenters. The summed E-state index contributed by atoms with van der Waals surface area (Å²) in [5, 5.41) is 3.12. The second-order valence-electron chi connectivity index (χ2n) is 5.36. The Labute approximate surface area is 121 Å². The minimum absolute atomic E-state index is 0.111. The average Bonchev–Trinajstić information content (AvgIpc) is 2.92. The van der Waals surface area contributed by atoms with E-state index in [2.05, 4.69) is 5.32 Å². The van der Waals surface area contributed by atoms with Gasteiger partial charge in [0, 0.05) is 38.0 Å². The minimum atomic E-state index is -3.30. The fraction of sp³-hybridized carbons (Fsp3) is 1.00. The number of hydrogen-bond donors (Lipinski definition) is 1. The molecule has 2 rings (SSSR count). The van der Waals surface area contributed by atoms with Gasteiger partial charge in [-0.05, 0) is 32.1 Å².